The second-order valence-corrected chi connectivity index (χ2v) is 8.66. The predicted octanol–water partition coefficient (Wildman–Crippen LogP) is 1.62. The summed E-state index contributed by atoms with van der Waals surface area (Å²) in [7, 11) is -4.18. The molecule has 0 saturated carbocycles. The zero-order chi connectivity index (χ0) is 20.6. The molecule has 2 N–H and O–H groups in total. The smallest absolute Gasteiger partial charge is 0.386 e. The Kier molecular flexibility index (Phi) is 5.87. The van der Waals surface area contributed by atoms with Crippen LogP contribution in [0.5, 0.6) is 0 Å². The van der Waals surface area contributed by atoms with Crippen molar-refractivity contribution in [3.8, 4) is 0 Å². The van der Waals surface area contributed by atoms with Crippen molar-refractivity contribution in [3.05, 3.63) is 12.7 Å². The molecule has 1 unspecified atom stereocenters. The molecule has 12 heteroatoms. The first-order valence-corrected chi connectivity index (χ1v) is 11.4. The highest BCUT2D eigenvalue weighted by Gasteiger charge is 2.52. The van der Waals surface area contributed by atoms with Crippen LogP contribution < -0.4 is 4.90 Å². The maximum atomic E-state index is 11.7. The van der Waals surface area contributed by atoms with Crippen LogP contribution in [0.25, 0.3) is 11.2 Å². The van der Waals surface area contributed by atoms with E-state index in [1.54, 1.807) is 4.57 Å². The fourth-order valence-electron chi connectivity index (χ4n) is 3.77. The molecule has 11 nitrogen and oxygen atoms in total. The molecule has 4 heterocycles. The minimum absolute atomic E-state index is 0.139. The van der Waals surface area contributed by atoms with Gasteiger partial charge in [0.1, 0.15) is 24.6 Å². The first kappa shape index (κ1) is 20.6. The Morgan fingerprint density at radius 3 is 2.86 bits per heavy atom. The summed E-state index contributed by atoms with van der Waals surface area (Å²) in [4.78, 5) is 25.0. The van der Waals surface area contributed by atoms with E-state index in [0.717, 1.165) is 38.2 Å². The van der Waals surface area contributed by atoms with E-state index in [0.29, 0.717) is 11.2 Å². The van der Waals surface area contributed by atoms with Crippen LogP contribution in [-0.4, -0.2) is 67.5 Å². The molecule has 160 valence electrons. The van der Waals surface area contributed by atoms with Gasteiger partial charge in [0.25, 0.3) is 0 Å². The van der Waals surface area contributed by atoms with Crippen molar-refractivity contribution in [2.45, 2.75) is 57.6 Å². The van der Waals surface area contributed by atoms with Gasteiger partial charge in [0.05, 0.1) is 12.9 Å². The van der Waals surface area contributed by atoms with E-state index in [9.17, 15) is 14.6 Å². The van der Waals surface area contributed by atoms with Crippen LogP contribution >= 0.6 is 7.82 Å². The maximum Gasteiger partial charge on any atom is 0.472 e. The number of nitrogens with zero attached hydrogens (tertiary/aromatic N) is 5. The van der Waals surface area contributed by atoms with Crippen molar-refractivity contribution >= 4 is 24.8 Å². The summed E-state index contributed by atoms with van der Waals surface area (Å²) >= 11 is 0. The second kappa shape index (κ2) is 8.25. The van der Waals surface area contributed by atoms with Crippen molar-refractivity contribution < 1.29 is 28.3 Å². The number of rotatable bonds is 7. The van der Waals surface area contributed by atoms with Gasteiger partial charge in [0, 0.05) is 13.1 Å². The third kappa shape index (κ3) is 3.90. The number of unbranched alkanes of at least 4 members (excludes halogenated alkanes) is 1. The number of phosphoric ester groups is 1. The Morgan fingerprint density at radius 2 is 2.10 bits per heavy atom. The SMILES string of the molecule is CCCCN(CCC)c1ncnc2c1ncn2[C@@H]1O[C@@H]2COP(=O)(O)O[C@H]2[C@H]1O. The minimum atomic E-state index is -4.18. The standard InChI is InChI=1S/C17H26N5O6P/c1-3-5-7-21(6-4-2)15-12-16(19-9-18-15)22(10-20-12)17-13(23)14-11(27-17)8-26-29(24,25)28-14/h9-11,13-14,17,23H,3-8H2,1-2H3,(H,24,25)/t11-,13-,14-,17-/m1/s1. The third-order valence-electron chi connectivity index (χ3n) is 5.15. The van der Waals surface area contributed by atoms with Crippen LogP contribution in [0.2, 0.25) is 0 Å². The fraction of sp³-hybridized carbons (Fsp3) is 0.706. The lowest BCUT2D eigenvalue weighted by molar-refractivity contribution is -0.0664. The van der Waals surface area contributed by atoms with Gasteiger partial charge < -0.3 is 19.6 Å². The Balaban J connectivity index is 1.65. The van der Waals surface area contributed by atoms with E-state index in [-0.39, 0.29) is 6.61 Å². The molecule has 0 aromatic carbocycles. The lowest BCUT2D eigenvalue weighted by atomic mass is 10.1. The van der Waals surface area contributed by atoms with Crippen LogP contribution in [0.3, 0.4) is 0 Å². The maximum absolute atomic E-state index is 11.7. The highest BCUT2D eigenvalue weighted by atomic mass is 31.2. The monoisotopic (exact) mass is 427 g/mol. The molecule has 2 saturated heterocycles. The topological polar surface area (TPSA) is 132 Å². The van der Waals surface area contributed by atoms with E-state index in [2.05, 4.69) is 33.7 Å². The molecule has 0 amide bonds. The number of aromatic nitrogens is 4. The molecule has 0 aliphatic carbocycles. The van der Waals surface area contributed by atoms with E-state index < -0.39 is 32.4 Å². The number of fused-ring (bicyclic) bond motifs is 2. The lowest BCUT2D eigenvalue weighted by Crippen LogP contribution is -2.39. The quantitative estimate of drug-likeness (QED) is 0.628. The number of anilines is 1. The number of phosphoric acid groups is 1. The highest BCUT2D eigenvalue weighted by Crippen LogP contribution is 2.52. The summed E-state index contributed by atoms with van der Waals surface area (Å²) in [6, 6.07) is 0. The van der Waals surface area contributed by atoms with Crippen molar-refractivity contribution in [2.75, 3.05) is 24.6 Å². The van der Waals surface area contributed by atoms with Gasteiger partial charge in [-0.25, -0.2) is 19.5 Å². The molecule has 29 heavy (non-hydrogen) atoms. The van der Waals surface area contributed by atoms with Gasteiger partial charge in [0.2, 0.25) is 0 Å². The normalized spacial score (nSPS) is 31.9. The molecule has 2 fully saturated rings. The van der Waals surface area contributed by atoms with Crippen molar-refractivity contribution in [1.82, 2.24) is 19.5 Å². The predicted molar refractivity (Wildman–Crippen MR) is 103 cm³/mol. The summed E-state index contributed by atoms with van der Waals surface area (Å²) in [6.07, 6.45) is 2.43. The zero-order valence-electron chi connectivity index (χ0n) is 16.4. The zero-order valence-corrected chi connectivity index (χ0v) is 17.3. The molecule has 2 aromatic heterocycles. The Bertz CT molecular complexity index is 910. The van der Waals surface area contributed by atoms with Gasteiger partial charge >= 0.3 is 7.82 Å². The van der Waals surface area contributed by atoms with Gasteiger partial charge in [-0.3, -0.25) is 13.6 Å². The number of hydrogen-bond donors (Lipinski definition) is 2. The average Bonchev–Trinajstić information content (AvgIpc) is 3.26. The summed E-state index contributed by atoms with van der Waals surface area (Å²) in [6.45, 7) is 5.84. The molecule has 0 spiro atoms. The summed E-state index contributed by atoms with van der Waals surface area (Å²) in [5, 5.41) is 10.7. The van der Waals surface area contributed by atoms with Crippen LogP contribution in [0.4, 0.5) is 5.82 Å². The van der Waals surface area contributed by atoms with Gasteiger partial charge in [0.15, 0.2) is 23.2 Å². The Hall–Kier alpha value is -1.62. The van der Waals surface area contributed by atoms with Crippen molar-refractivity contribution in [3.63, 3.8) is 0 Å². The van der Waals surface area contributed by atoms with Crippen LogP contribution in [0.15, 0.2) is 12.7 Å². The fourth-order valence-corrected chi connectivity index (χ4v) is 4.73. The number of aliphatic hydroxyl groups is 1. The molecule has 2 aliphatic heterocycles. The van der Waals surface area contributed by atoms with Crippen LogP contribution in [-0.2, 0) is 18.3 Å². The minimum Gasteiger partial charge on any atom is -0.386 e. The van der Waals surface area contributed by atoms with E-state index in [1.165, 1.54) is 12.7 Å². The van der Waals surface area contributed by atoms with Gasteiger partial charge in [-0.05, 0) is 12.8 Å². The number of imidazole rings is 1. The first-order valence-electron chi connectivity index (χ1n) is 9.87. The first-order chi connectivity index (χ1) is 13.9. The van der Waals surface area contributed by atoms with Gasteiger partial charge in [-0.15, -0.1) is 0 Å². The third-order valence-corrected chi connectivity index (χ3v) is 6.14. The number of aliphatic hydroxyl groups excluding tert-OH is 1. The molecular formula is C17H26N5O6P. The summed E-state index contributed by atoms with van der Waals surface area (Å²) in [5.74, 6) is 0.744. The molecular weight excluding hydrogens is 401 g/mol. The number of ether oxygens (including phenoxy) is 1. The molecule has 0 radical (unpaired) electrons. The molecule has 2 aliphatic rings. The Labute approximate surface area is 168 Å². The largest absolute Gasteiger partial charge is 0.472 e. The Morgan fingerprint density at radius 1 is 1.28 bits per heavy atom. The number of hydrogen-bond acceptors (Lipinski definition) is 9. The molecule has 4 rings (SSSR count). The lowest BCUT2D eigenvalue weighted by Gasteiger charge is -2.27. The average molecular weight is 427 g/mol. The van der Waals surface area contributed by atoms with Crippen LogP contribution in [0.1, 0.15) is 39.3 Å². The molecule has 0 bridgehead atoms. The van der Waals surface area contributed by atoms with E-state index >= 15 is 0 Å². The van der Waals surface area contributed by atoms with Crippen molar-refractivity contribution in [1.29, 1.82) is 0 Å². The molecule has 5 atom stereocenters. The van der Waals surface area contributed by atoms with Gasteiger partial charge in [-0.2, -0.15) is 0 Å². The second-order valence-electron chi connectivity index (χ2n) is 7.25. The molecule has 2 aromatic rings. The van der Waals surface area contributed by atoms with Crippen molar-refractivity contribution in [2.24, 2.45) is 0 Å². The highest BCUT2D eigenvalue weighted by molar-refractivity contribution is 7.47. The summed E-state index contributed by atoms with van der Waals surface area (Å²) < 4.78 is 29.0. The van der Waals surface area contributed by atoms with Gasteiger partial charge in [-0.1, -0.05) is 20.3 Å². The van der Waals surface area contributed by atoms with Crippen LogP contribution in [0, 0.1) is 0 Å². The van der Waals surface area contributed by atoms with E-state index in [4.69, 9.17) is 13.8 Å². The van der Waals surface area contributed by atoms with E-state index in [1.807, 2.05) is 0 Å². The summed E-state index contributed by atoms with van der Waals surface area (Å²) in [5.41, 5.74) is 1.14.